The Bertz CT molecular complexity index is 828. The monoisotopic (exact) mass is 349 g/mol. The third-order valence-electron chi connectivity index (χ3n) is 4.39. The van der Waals surface area contributed by atoms with Gasteiger partial charge in [0, 0.05) is 36.7 Å². The van der Waals surface area contributed by atoms with Gasteiger partial charge >= 0.3 is 6.03 Å². The molecular formula is C17H23N3O3S. The first-order valence-electron chi connectivity index (χ1n) is 8.23. The fourth-order valence-corrected chi connectivity index (χ4v) is 4.89. The quantitative estimate of drug-likeness (QED) is 0.886. The molecule has 1 saturated heterocycles. The molecule has 2 heterocycles. The van der Waals surface area contributed by atoms with Crippen molar-refractivity contribution in [1.82, 2.24) is 15.2 Å². The van der Waals surface area contributed by atoms with Gasteiger partial charge in [0.15, 0.2) is 9.84 Å². The Balaban J connectivity index is 1.56. The molecule has 24 heavy (non-hydrogen) atoms. The van der Waals surface area contributed by atoms with Crippen molar-refractivity contribution < 1.29 is 13.2 Å². The summed E-state index contributed by atoms with van der Waals surface area (Å²) in [5.41, 5.74) is 2.27. The molecule has 2 aromatic rings. The van der Waals surface area contributed by atoms with Crippen LogP contribution >= 0.6 is 0 Å². The second-order valence-electron chi connectivity index (χ2n) is 6.50. The first-order valence-corrected chi connectivity index (χ1v) is 10.0. The van der Waals surface area contributed by atoms with E-state index in [-0.39, 0.29) is 30.0 Å². The van der Waals surface area contributed by atoms with Gasteiger partial charge in [-0.25, -0.2) is 13.2 Å². The SMILES string of the molecule is C[C@@H]1CN(C(=O)NCCc2cccc3[nH]ccc23)CCS(=O)(=O)C1. The summed E-state index contributed by atoms with van der Waals surface area (Å²) >= 11 is 0. The molecule has 0 saturated carbocycles. The van der Waals surface area contributed by atoms with E-state index in [4.69, 9.17) is 0 Å². The predicted octanol–water partition coefficient (Wildman–Crippen LogP) is 1.79. The summed E-state index contributed by atoms with van der Waals surface area (Å²) < 4.78 is 23.6. The number of nitrogens with zero attached hydrogens (tertiary/aromatic N) is 1. The number of aromatic nitrogens is 1. The topological polar surface area (TPSA) is 82.3 Å². The largest absolute Gasteiger partial charge is 0.361 e. The number of nitrogens with one attached hydrogen (secondary N) is 2. The van der Waals surface area contributed by atoms with Gasteiger partial charge in [-0.2, -0.15) is 0 Å². The summed E-state index contributed by atoms with van der Waals surface area (Å²) in [5.74, 6) is 0.177. The number of amides is 2. The van der Waals surface area contributed by atoms with Crippen LogP contribution in [0.4, 0.5) is 4.79 Å². The van der Waals surface area contributed by atoms with Gasteiger partial charge in [0.25, 0.3) is 0 Å². The minimum atomic E-state index is -3.04. The minimum Gasteiger partial charge on any atom is -0.361 e. The average molecular weight is 349 g/mol. The van der Waals surface area contributed by atoms with Crippen molar-refractivity contribution in [2.75, 3.05) is 31.1 Å². The highest BCUT2D eigenvalue weighted by Crippen LogP contribution is 2.17. The van der Waals surface area contributed by atoms with E-state index in [1.807, 2.05) is 31.3 Å². The number of fused-ring (bicyclic) bond motifs is 1. The number of H-pyrrole nitrogens is 1. The van der Waals surface area contributed by atoms with Crippen LogP contribution in [0, 0.1) is 5.92 Å². The second-order valence-corrected chi connectivity index (χ2v) is 8.73. The van der Waals surface area contributed by atoms with Gasteiger partial charge in [-0.05, 0) is 30.0 Å². The molecule has 6 nitrogen and oxygen atoms in total. The van der Waals surface area contributed by atoms with Crippen molar-refractivity contribution in [2.45, 2.75) is 13.3 Å². The Labute approximate surface area is 142 Å². The molecule has 3 rings (SSSR count). The summed E-state index contributed by atoms with van der Waals surface area (Å²) in [7, 11) is -3.04. The van der Waals surface area contributed by atoms with E-state index in [1.165, 1.54) is 10.9 Å². The van der Waals surface area contributed by atoms with Gasteiger partial charge < -0.3 is 15.2 Å². The van der Waals surface area contributed by atoms with Gasteiger partial charge in [0.1, 0.15) is 0 Å². The third kappa shape index (κ3) is 3.90. The molecule has 1 atom stereocenters. The third-order valence-corrected chi connectivity index (χ3v) is 6.27. The number of benzene rings is 1. The lowest BCUT2D eigenvalue weighted by Gasteiger charge is -2.22. The van der Waals surface area contributed by atoms with E-state index in [0.29, 0.717) is 13.1 Å². The molecule has 2 amide bonds. The molecule has 2 N–H and O–H groups in total. The molecule has 130 valence electrons. The van der Waals surface area contributed by atoms with Crippen LogP contribution in [-0.2, 0) is 16.3 Å². The molecule has 0 aliphatic carbocycles. The lowest BCUT2D eigenvalue weighted by atomic mass is 10.1. The molecule has 0 radical (unpaired) electrons. The van der Waals surface area contributed by atoms with E-state index in [9.17, 15) is 13.2 Å². The first kappa shape index (κ1) is 16.8. The number of carbonyl (C=O) groups is 1. The van der Waals surface area contributed by atoms with Crippen molar-refractivity contribution in [2.24, 2.45) is 5.92 Å². The molecule has 1 fully saturated rings. The van der Waals surface area contributed by atoms with Crippen LogP contribution in [-0.4, -0.2) is 55.5 Å². The standard InChI is InChI=1S/C17H23N3O3S/c1-13-11-20(9-10-24(22,23)12-13)17(21)19-7-5-14-3-2-4-16-15(14)6-8-18-16/h2-4,6,8,13,18H,5,7,9-12H2,1H3,(H,19,21)/t13-/m1/s1. The average Bonchev–Trinajstić information content (AvgIpc) is 2.94. The predicted molar refractivity (Wildman–Crippen MR) is 94.8 cm³/mol. The molecule has 0 bridgehead atoms. The molecule has 7 heteroatoms. The zero-order valence-corrected chi connectivity index (χ0v) is 14.6. The molecular weight excluding hydrogens is 326 g/mol. The Morgan fingerprint density at radius 1 is 1.38 bits per heavy atom. The van der Waals surface area contributed by atoms with E-state index in [2.05, 4.69) is 16.4 Å². The van der Waals surface area contributed by atoms with Gasteiger partial charge in [-0.15, -0.1) is 0 Å². The van der Waals surface area contributed by atoms with Crippen molar-refractivity contribution in [3.8, 4) is 0 Å². The normalized spacial score (nSPS) is 20.7. The molecule has 0 spiro atoms. The Hall–Kier alpha value is -2.02. The number of hydrogen-bond donors (Lipinski definition) is 2. The van der Waals surface area contributed by atoms with Crippen LogP contribution in [0.5, 0.6) is 0 Å². The Morgan fingerprint density at radius 2 is 2.21 bits per heavy atom. The zero-order chi connectivity index (χ0) is 17.2. The van der Waals surface area contributed by atoms with Gasteiger partial charge in [0.2, 0.25) is 0 Å². The first-order chi connectivity index (χ1) is 11.4. The van der Waals surface area contributed by atoms with Crippen LogP contribution in [0.2, 0.25) is 0 Å². The number of aromatic amines is 1. The molecule has 0 unspecified atom stereocenters. The molecule has 1 aromatic carbocycles. The van der Waals surface area contributed by atoms with Crippen molar-refractivity contribution in [1.29, 1.82) is 0 Å². The number of rotatable bonds is 3. The Kier molecular flexibility index (Phi) is 4.80. The fraction of sp³-hybridized carbons (Fsp3) is 0.471. The maximum absolute atomic E-state index is 12.3. The summed E-state index contributed by atoms with van der Waals surface area (Å²) in [5, 5.41) is 4.08. The highest BCUT2D eigenvalue weighted by atomic mass is 32.2. The van der Waals surface area contributed by atoms with E-state index in [0.717, 1.165) is 11.9 Å². The van der Waals surface area contributed by atoms with E-state index in [1.54, 1.807) is 4.90 Å². The summed E-state index contributed by atoms with van der Waals surface area (Å²) in [6, 6.07) is 7.94. The number of urea groups is 1. The molecule has 1 aliphatic rings. The smallest absolute Gasteiger partial charge is 0.317 e. The van der Waals surface area contributed by atoms with Gasteiger partial charge in [-0.1, -0.05) is 19.1 Å². The summed E-state index contributed by atoms with van der Waals surface area (Å²) in [6.07, 6.45) is 2.65. The van der Waals surface area contributed by atoms with E-state index < -0.39 is 9.84 Å². The van der Waals surface area contributed by atoms with Crippen LogP contribution < -0.4 is 5.32 Å². The zero-order valence-electron chi connectivity index (χ0n) is 13.8. The van der Waals surface area contributed by atoms with Crippen LogP contribution in [0.15, 0.2) is 30.5 Å². The lowest BCUT2D eigenvalue weighted by molar-refractivity contribution is 0.196. The molecule has 1 aromatic heterocycles. The van der Waals surface area contributed by atoms with Crippen LogP contribution in [0.1, 0.15) is 12.5 Å². The fourth-order valence-electron chi connectivity index (χ4n) is 3.26. The Morgan fingerprint density at radius 3 is 3.04 bits per heavy atom. The van der Waals surface area contributed by atoms with Gasteiger partial charge in [-0.3, -0.25) is 0 Å². The number of sulfone groups is 1. The van der Waals surface area contributed by atoms with Gasteiger partial charge in [0.05, 0.1) is 11.5 Å². The lowest BCUT2D eigenvalue weighted by Crippen LogP contribution is -2.43. The maximum Gasteiger partial charge on any atom is 0.317 e. The van der Waals surface area contributed by atoms with Crippen molar-refractivity contribution in [3.63, 3.8) is 0 Å². The van der Waals surface area contributed by atoms with E-state index >= 15 is 0 Å². The maximum atomic E-state index is 12.3. The number of carbonyl (C=O) groups excluding carboxylic acids is 1. The molecule has 1 aliphatic heterocycles. The van der Waals surface area contributed by atoms with Crippen molar-refractivity contribution in [3.05, 3.63) is 36.0 Å². The van der Waals surface area contributed by atoms with Crippen LogP contribution in [0.25, 0.3) is 10.9 Å². The summed E-state index contributed by atoms with van der Waals surface area (Å²) in [6.45, 7) is 3.15. The van der Waals surface area contributed by atoms with Crippen molar-refractivity contribution >= 4 is 26.8 Å². The highest BCUT2D eigenvalue weighted by molar-refractivity contribution is 7.91. The number of hydrogen-bond acceptors (Lipinski definition) is 3. The highest BCUT2D eigenvalue weighted by Gasteiger charge is 2.26. The minimum absolute atomic E-state index is 0.0307. The second kappa shape index (κ2) is 6.84. The van der Waals surface area contributed by atoms with Crippen LogP contribution in [0.3, 0.4) is 0 Å². The summed E-state index contributed by atoms with van der Waals surface area (Å²) in [4.78, 5) is 17.1.